The van der Waals surface area contributed by atoms with Crippen LogP contribution in [0.4, 0.5) is 0 Å². The molecular formula is C13H28N4. The third-order valence-electron chi connectivity index (χ3n) is 4.93. The van der Waals surface area contributed by atoms with Crippen molar-refractivity contribution < 1.29 is 0 Å². The third kappa shape index (κ3) is 2.36. The number of likely N-dealkylation sites (tertiary alicyclic amines) is 1. The zero-order valence-electron chi connectivity index (χ0n) is 11.8. The van der Waals surface area contributed by atoms with Gasteiger partial charge in [0.05, 0.1) is 0 Å². The van der Waals surface area contributed by atoms with Gasteiger partial charge in [-0.1, -0.05) is 0 Å². The van der Waals surface area contributed by atoms with Crippen LogP contribution in [0.15, 0.2) is 0 Å². The maximum Gasteiger partial charge on any atom is 0.0471 e. The molecule has 2 aliphatic heterocycles. The number of nitrogens with two attached hydrogens (primary N) is 1. The van der Waals surface area contributed by atoms with Crippen LogP contribution < -0.4 is 5.73 Å². The molecule has 0 aliphatic carbocycles. The van der Waals surface area contributed by atoms with Gasteiger partial charge in [0.15, 0.2) is 0 Å². The Hall–Kier alpha value is -0.160. The average Bonchev–Trinajstić information content (AvgIpc) is 2.68. The minimum absolute atomic E-state index is 0.235. The lowest BCUT2D eigenvalue weighted by Crippen LogP contribution is -2.65. The summed E-state index contributed by atoms with van der Waals surface area (Å²) in [6.45, 7) is 10.1. The van der Waals surface area contributed by atoms with E-state index in [0.29, 0.717) is 12.1 Å². The van der Waals surface area contributed by atoms with Crippen LogP contribution in [0, 0.1) is 0 Å². The van der Waals surface area contributed by atoms with Crippen LogP contribution >= 0.6 is 0 Å². The zero-order valence-corrected chi connectivity index (χ0v) is 11.8. The number of likely N-dealkylation sites (N-methyl/N-ethyl adjacent to an activating group) is 2. The molecule has 0 spiro atoms. The largest absolute Gasteiger partial charge is 0.329 e. The van der Waals surface area contributed by atoms with Gasteiger partial charge in [0.1, 0.15) is 0 Å². The minimum Gasteiger partial charge on any atom is -0.329 e. The quantitative estimate of drug-likeness (QED) is 0.739. The van der Waals surface area contributed by atoms with E-state index in [-0.39, 0.29) is 5.54 Å². The van der Waals surface area contributed by atoms with E-state index in [1.807, 2.05) is 0 Å². The Morgan fingerprint density at radius 1 is 1.18 bits per heavy atom. The molecule has 2 rings (SSSR count). The smallest absolute Gasteiger partial charge is 0.0471 e. The molecule has 0 aromatic rings. The first-order chi connectivity index (χ1) is 7.98. The lowest BCUT2D eigenvalue weighted by Gasteiger charge is -2.50. The molecule has 2 aliphatic rings. The first-order valence-corrected chi connectivity index (χ1v) is 6.84. The molecule has 3 atom stereocenters. The molecule has 0 radical (unpaired) electrons. The summed E-state index contributed by atoms with van der Waals surface area (Å²) in [6.07, 6.45) is 1.23. The highest BCUT2D eigenvalue weighted by Gasteiger charge is 2.43. The van der Waals surface area contributed by atoms with E-state index in [9.17, 15) is 0 Å². The number of hydrogen-bond acceptors (Lipinski definition) is 4. The Morgan fingerprint density at radius 2 is 1.76 bits per heavy atom. The van der Waals surface area contributed by atoms with Crippen molar-refractivity contribution in [1.29, 1.82) is 0 Å². The lowest BCUT2D eigenvalue weighted by atomic mass is 9.93. The number of hydrogen-bond donors (Lipinski definition) is 1. The SMILES string of the molecule is CC1CN(C2(CN)CCN(C)C2)CC(C)N1C. The maximum absolute atomic E-state index is 6.11. The van der Waals surface area contributed by atoms with Crippen molar-refractivity contribution in [2.24, 2.45) is 5.73 Å². The Kier molecular flexibility index (Phi) is 3.78. The van der Waals surface area contributed by atoms with Crippen LogP contribution in [0.2, 0.25) is 0 Å². The zero-order chi connectivity index (χ0) is 12.6. The average molecular weight is 240 g/mol. The Bertz CT molecular complexity index is 258. The van der Waals surface area contributed by atoms with Crippen LogP contribution in [0.5, 0.6) is 0 Å². The monoisotopic (exact) mass is 240 g/mol. The number of nitrogens with zero attached hydrogens (tertiary/aromatic N) is 3. The van der Waals surface area contributed by atoms with Crippen molar-refractivity contribution in [1.82, 2.24) is 14.7 Å². The summed E-state index contributed by atoms with van der Waals surface area (Å²) in [5.74, 6) is 0. The molecule has 2 saturated heterocycles. The second-order valence-electron chi connectivity index (χ2n) is 6.18. The number of piperazine rings is 1. The van der Waals surface area contributed by atoms with Gasteiger partial charge in [-0.05, 0) is 40.9 Å². The van der Waals surface area contributed by atoms with E-state index in [2.05, 4.69) is 42.6 Å². The minimum atomic E-state index is 0.235. The van der Waals surface area contributed by atoms with Crippen LogP contribution in [-0.4, -0.2) is 79.1 Å². The summed E-state index contributed by atoms with van der Waals surface area (Å²) in [5.41, 5.74) is 6.34. The fraction of sp³-hybridized carbons (Fsp3) is 1.00. The number of rotatable bonds is 2. The second kappa shape index (κ2) is 4.84. The van der Waals surface area contributed by atoms with Crippen LogP contribution in [0.25, 0.3) is 0 Å². The molecule has 0 amide bonds. The van der Waals surface area contributed by atoms with Crippen molar-refractivity contribution in [3.63, 3.8) is 0 Å². The summed E-state index contributed by atoms with van der Waals surface area (Å²) >= 11 is 0. The van der Waals surface area contributed by atoms with E-state index in [1.54, 1.807) is 0 Å². The van der Waals surface area contributed by atoms with Crippen LogP contribution in [0.3, 0.4) is 0 Å². The van der Waals surface area contributed by atoms with Gasteiger partial charge in [-0.2, -0.15) is 0 Å². The van der Waals surface area contributed by atoms with Gasteiger partial charge in [-0.15, -0.1) is 0 Å². The molecule has 17 heavy (non-hydrogen) atoms. The Balaban J connectivity index is 2.11. The topological polar surface area (TPSA) is 35.7 Å². The molecule has 0 aromatic heterocycles. The molecule has 100 valence electrons. The fourth-order valence-electron chi connectivity index (χ4n) is 3.41. The molecule has 4 heteroatoms. The Labute approximate surface area is 106 Å². The second-order valence-corrected chi connectivity index (χ2v) is 6.18. The summed E-state index contributed by atoms with van der Waals surface area (Å²) < 4.78 is 0. The summed E-state index contributed by atoms with van der Waals surface area (Å²) in [6, 6.07) is 1.26. The molecular weight excluding hydrogens is 212 g/mol. The van der Waals surface area contributed by atoms with Crippen molar-refractivity contribution in [2.45, 2.75) is 37.9 Å². The molecule has 0 saturated carbocycles. The van der Waals surface area contributed by atoms with E-state index in [1.165, 1.54) is 13.0 Å². The van der Waals surface area contributed by atoms with E-state index in [0.717, 1.165) is 26.2 Å². The molecule has 0 aromatic carbocycles. The van der Waals surface area contributed by atoms with Gasteiger partial charge in [0.2, 0.25) is 0 Å². The normalized spacial score (nSPS) is 42.2. The van der Waals surface area contributed by atoms with Crippen molar-refractivity contribution in [2.75, 3.05) is 46.8 Å². The van der Waals surface area contributed by atoms with Crippen LogP contribution in [-0.2, 0) is 0 Å². The van der Waals surface area contributed by atoms with Crippen molar-refractivity contribution in [3.05, 3.63) is 0 Å². The molecule has 4 nitrogen and oxygen atoms in total. The third-order valence-corrected chi connectivity index (χ3v) is 4.93. The standard InChI is InChI=1S/C13H28N4/c1-11-7-17(8-12(2)16(11)4)13(9-14)5-6-15(3)10-13/h11-12H,5-10,14H2,1-4H3. The van der Waals surface area contributed by atoms with Gasteiger partial charge in [0.25, 0.3) is 0 Å². The summed E-state index contributed by atoms with van der Waals surface area (Å²) in [7, 11) is 4.45. The van der Waals surface area contributed by atoms with Gasteiger partial charge >= 0.3 is 0 Å². The lowest BCUT2D eigenvalue weighted by molar-refractivity contribution is -0.00502. The fourth-order valence-corrected chi connectivity index (χ4v) is 3.41. The highest BCUT2D eigenvalue weighted by atomic mass is 15.4. The van der Waals surface area contributed by atoms with Crippen molar-refractivity contribution >= 4 is 0 Å². The van der Waals surface area contributed by atoms with Gasteiger partial charge in [0, 0.05) is 43.8 Å². The summed E-state index contributed by atoms with van der Waals surface area (Å²) in [4.78, 5) is 7.56. The molecule has 2 fully saturated rings. The van der Waals surface area contributed by atoms with E-state index in [4.69, 9.17) is 5.73 Å². The van der Waals surface area contributed by atoms with Crippen molar-refractivity contribution in [3.8, 4) is 0 Å². The first-order valence-electron chi connectivity index (χ1n) is 6.84. The highest BCUT2D eigenvalue weighted by Crippen LogP contribution is 2.29. The molecule has 0 bridgehead atoms. The Morgan fingerprint density at radius 3 is 2.18 bits per heavy atom. The predicted octanol–water partition coefficient (Wildman–Crippen LogP) is 0.0438. The van der Waals surface area contributed by atoms with Gasteiger partial charge in [-0.3, -0.25) is 9.80 Å². The van der Waals surface area contributed by atoms with E-state index < -0.39 is 0 Å². The highest BCUT2D eigenvalue weighted by molar-refractivity contribution is 5.02. The molecule has 2 N–H and O–H groups in total. The predicted molar refractivity (Wildman–Crippen MR) is 72.2 cm³/mol. The first kappa shape index (κ1) is 13.3. The van der Waals surface area contributed by atoms with E-state index >= 15 is 0 Å². The van der Waals surface area contributed by atoms with Gasteiger partial charge in [-0.25, -0.2) is 0 Å². The van der Waals surface area contributed by atoms with Gasteiger partial charge < -0.3 is 10.6 Å². The molecule has 2 heterocycles. The summed E-state index contributed by atoms with van der Waals surface area (Å²) in [5, 5.41) is 0. The maximum atomic E-state index is 6.11. The molecule has 3 unspecified atom stereocenters. The van der Waals surface area contributed by atoms with Crippen LogP contribution in [0.1, 0.15) is 20.3 Å².